The second-order valence-electron chi connectivity index (χ2n) is 7.36. The minimum atomic E-state index is -0.123. The van der Waals surface area contributed by atoms with Crippen LogP contribution in [0.2, 0.25) is 0 Å². The molecule has 1 aromatic heterocycles. The van der Waals surface area contributed by atoms with Gasteiger partial charge in [0, 0.05) is 19.6 Å². The van der Waals surface area contributed by atoms with Gasteiger partial charge in [0.2, 0.25) is 0 Å². The van der Waals surface area contributed by atoms with E-state index in [1.807, 2.05) is 11.7 Å². The molecule has 1 heterocycles. The first kappa shape index (κ1) is 21.9. The minimum Gasteiger partial charge on any atom is -0.342 e. The average molecular weight is 345 g/mol. The summed E-state index contributed by atoms with van der Waals surface area (Å²) < 4.78 is 1.95. The Morgan fingerprint density at radius 1 is 1.39 bits per heavy atom. The Labute approximate surface area is 147 Å². The third-order valence-corrected chi connectivity index (χ3v) is 4.07. The molecule has 1 aromatic rings. The van der Waals surface area contributed by atoms with Crippen molar-refractivity contribution >= 4 is 18.3 Å². The molecule has 0 aliphatic rings. The van der Waals surface area contributed by atoms with Crippen molar-refractivity contribution in [1.29, 1.82) is 0 Å². The third-order valence-electron chi connectivity index (χ3n) is 4.07. The van der Waals surface area contributed by atoms with Crippen LogP contribution in [-0.2, 0) is 12.0 Å². The average Bonchev–Trinajstić information content (AvgIpc) is 2.86. The fourth-order valence-corrected chi connectivity index (χ4v) is 2.45. The lowest BCUT2D eigenvalue weighted by atomic mass is 10.0. The van der Waals surface area contributed by atoms with Crippen LogP contribution in [0, 0.1) is 5.92 Å². The normalized spacial score (nSPS) is 12.9. The van der Waals surface area contributed by atoms with E-state index in [0.29, 0.717) is 18.0 Å². The molecule has 1 atom stereocenters. The van der Waals surface area contributed by atoms with E-state index in [4.69, 9.17) is 5.73 Å². The van der Waals surface area contributed by atoms with Crippen molar-refractivity contribution in [3.8, 4) is 0 Å². The summed E-state index contributed by atoms with van der Waals surface area (Å²) in [5.41, 5.74) is 7.65. The fourth-order valence-electron chi connectivity index (χ4n) is 2.45. The lowest BCUT2D eigenvalue weighted by Gasteiger charge is -2.24. The van der Waals surface area contributed by atoms with Gasteiger partial charge < -0.3 is 10.6 Å². The molecule has 0 bridgehead atoms. The van der Waals surface area contributed by atoms with Gasteiger partial charge in [0.25, 0.3) is 5.91 Å². The molecule has 134 valence electrons. The first-order chi connectivity index (χ1) is 10.1. The Hall–Kier alpha value is -1.07. The second kappa shape index (κ2) is 8.69. The van der Waals surface area contributed by atoms with Crippen LogP contribution in [0.1, 0.15) is 64.0 Å². The summed E-state index contributed by atoms with van der Waals surface area (Å²) in [7, 11) is 1.84. The van der Waals surface area contributed by atoms with Crippen molar-refractivity contribution in [2.45, 2.75) is 66.0 Å². The molecule has 0 aliphatic heterocycles. The Morgan fingerprint density at radius 3 is 2.39 bits per heavy atom. The fraction of sp³-hybridized carbons (Fsp3) is 0.765. The Bertz CT molecular complexity index is 505. The Kier molecular flexibility index (Phi) is 8.29. The first-order valence-electron chi connectivity index (χ1n) is 8.18. The predicted molar refractivity (Wildman–Crippen MR) is 98.2 cm³/mol. The molecule has 1 amide bonds. The van der Waals surface area contributed by atoms with Crippen LogP contribution >= 0.6 is 12.4 Å². The molecular formula is C17H33ClN4O. The molecule has 5 nitrogen and oxygen atoms in total. The molecule has 2 N–H and O–H groups in total. The van der Waals surface area contributed by atoms with Gasteiger partial charge in [-0.05, 0) is 39.5 Å². The molecule has 1 unspecified atom stereocenters. The number of rotatable bonds is 6. The van der Waals surface area contributed by atoms with Crippen LogP contribution in [0.4, 0.5) is 0 Å². The van der Waals surface area contributed by atoms with Crippen LogP contribution in [0.15, 0.2) is 6.20 Å². The highest BCUT2D eigenvalue weighted by Crippen LogP contribution is 2.20. The summed E-state index contributed by atoms with van der Waals surface area (Å²) in [5, 5.41) is 4.43. The highest BCUT2D eigenvalue weighted by atomic mass is 35.5. The number of carbonyl (C=O) groups is 1. The van der Waals surface area contributed by atoms with Crippen LogP contribution in [0.25, 0.3) is 0 Å². The van der Waals surface area contributed by atoms with E-state index in [2.05, 4.69) is 46.6 Å². The molecule has 0 saturated carbocycles. The highest BCUT2D eigenvalue weighted by molar-refractivity contribution is 5.95. The summed E-state index contributed by atoms with van der Waals surface area (Å²) in [6.07, 6.45) is 3.30. The molecule has 0 radical (unpaired) electrons. The van der Waals surface area contributed by atoms with Crippen molar-refractivity contribution in [3.63, 3.8) is 0 Å². The Morgan fingerprint density at radius 2 is 1.96 bits per heavy atom. The van der Waals surface area contributed by atoms with Gasteiger partial charge in [-0.25, -0.2) is 0 Å². The van der Waals surface area contributed by atoms with Crippen LogP contribution in [0.5, 0.6) is 0 Å². The zero-order valence-electron chi connectivity index (χ0n) is 15.6. The van der Waals surface area contributed by atoms with Gasteiger partial charge in [0.15, 0.2) is 0 Å². The van der Waals surface area contributed by atoms with Crippen molar-refractivity contribution in [3.05, 3.63) is 17.5 Å². The third kappa shape index (κ3) is 5.50. The maximum absolute atomic E-state index is 12.7. The predicted octanol–water partition coefficient (Wildman–Crippen LogP) is 3.07. The number of nitrogens with zero attached hydrogens (tertiary/aromatic N) is 3. The maximum atomic E-state index is 12.7. The van der Waals surface area contributed by atoms with Crippen molar-refractivity contribution < 1.29 is 4.79 Å². The van der Waals surface area contributed by atoms with Crippen molar-refractivity contribution in [1.82, 2.24) is 14.7 Å². The van der Waals surface area contributed by atoms with Gasteiger partial charge in [-0.15, -0.1) is 12.4 Å². The van der Waals surface area contributed by atoms with E-state index < -0.39 is 0 Å². The van der Waals surface area contributed by atoms with E-state index in [9.17, 15) is 4.79 Å². The molecule has 0 aromatic carbocycles. The summed E-state index contributed by atoms with van der Waals surface area (Å²) in [6, 6.07) is 0.123. The van der Waals surface area contributed by atoms with E-state index in [-0.39, 0.29) is 29.9 Å². The maximum Gasteiger partial charge on any atom is 0.257 e. The van der Waals surface area contributed by atoms with Crippen LogP contribution in [0.3, 0.4) is 0 Å². The summed E-state index contributed by atoms with van der Waals surface area (Å²) in [6.45, 7) is 13.2. The van der Waals surface area contributed by atoms with Gasteiger partial charge in [0.1, 0.15) is 0 Å². The quantitative estimate of drug-likeness (QED) is 0.862. The van der Waals surface area contributed by atoms with Gasteiger partial charge >= 0.3 is 0 Å². The monoisotopic (exact) mass is 344 g/mol. The van der Waals surface area contributed by atoms with Crippen molar-refractivity contribution in [2.75, 3.05) is 13.6 Å². The molecule has 0 spiro atoms. The number of hydrogen-bond donors (Lipinski definition) is 1. The first-order valence-corrected chi connectivity index (χ1v) is 8.18. The number of amides is 1. The summed E-state index contributed by atoms with van der Waals surface area (Å²) in [4.78, 5) is 14.4. The van der Waals surface area contributed by atoms with Crippen LogP contribution < -0.4 is 5.73 Å². The standard InChI is InChI=1S/C17H32N4O.ClH/c1-8-15-13(11-19-21(15)17(4,5)6)16(22)20(7)10-9-14(18)12(2)3;/h11-12,14H,8-10,18H2,1-7H3;1H. The number of nitrogens with two attached hydrogens (primary N) is 1. The SMILES string of the molecule is CCc1c(C(=O)N(C)CCC(N)C(C)C)cnn1C(C)(C)C.Cl. The molecular weight excluding hydrogens is 312 g/mol. The van der Waals surface area contributed by atoms with Gasteiger partial charge in [-0.2, -0.15) is 5.10 Å². The molecule has 0 saturated heterocycles. The molecule has 0 fully saturated rings. The van der Waals surface area contributed by atoms with Gasteiger partial charge in [0.05, 0.1) is 23.0 Å². The zero-order chi connectivity index (χ0) is 17.1. The molecule has 1 rings (SSSR count). The Balaban J connectivity index is 0.00000484. The highest BCUT2D eigenvalue weighted by Gasteiger charge is 2.24. The number of aromatic nitrogens is 2. The topological polar surface area (TPSA) is 64.2 Å². The van der Waals surface area contributed by atoms with E-state index >= 15 is 0 Å². The molecule has 6 heteroatoms. The molecule has 0 aliphatic carbocycles. The van der Waals surface area contributed by atoms with Gasteiger partial charge in [-0.3, -0.25) is 9.48 Å². The smallest absolute Gasteiger partial charge is 0.257 e. The van der Waals surface area contributed by atoms with E-state index in [1.165, 1.54) is 0 Å². The summed E-state index contributed by atoms with van der Waals surface area (Å²) in [5.74, 6) is 0.460. The minimum absolute atomic E-state index is 0. The largest absolute Gasteiger partial charge is 0.342 e. The summed E-state index contributed by atoms with van der Waals surface area (Å²) >= 11 is 0. The second-order valence-corrected chi connectivity index (χ2v) is 7.36. The van der Waals surface area contributed by atoms with Crippen molar-refractivity contribution in [2.24, 2.45) is 11.7 Å². The zero-order valence-corrected chi connectivity index (χ0v) is 16.4. The lowest BCUT2D eigenvalue weighted by molar-refractivity contribution is 0.0787. The van der Waals surface area contributed by atoms with Crippen LogP contribution in [-0.4, -0.2) is 40.2 Å². The number of halogens is 1. The lowest BCUT2D eigenvalue weighted by Crippen LogP contribution is -2.35. The molecule has 23 heavy (non-hydrogen) atoms. The van der Waals surface area contributed by atoms with E-state index in [1.54, 1.807) is 11.1 Å². The number of carbonyl (C=O) groups excluding carboxylic acids is 1. The van der Waals surface area contributed by atoms with Gasteiger partial charge in [-0.1, -0.05) is 20.8 Å². The number of hydrogen-bond acceptors (Lipinski definition) is 3. The van der Waals surface area contributed by atoms with E-state index in [0.717, 1.165) is 18.5 Å².